The fraction of sp³-hybridized carbons (Fsp3) is 1.00. The Morgan fingerprint density at radius 2 is 2.14 bits per heavy atom. The predicted octanol–water partition coefficient (Wildman–Crippen LogP) is -1.45. The molecule has 0 N–H and O–H groups in total. The fourth-order valence-corrected chi connectivity index (χ4v) is 0.289. The molecule has 0 aromatic heterocycles. The monoisotopic (exact) mass is 112 g/mol. The first-order valence-corrected chi connectivity index (χ1v) is 2.40. The maximum Gasteiger partial charge on any atom is 1.00 e. The van der Waals surface area contributed by atoms with E-state index in [1.165, 1.54) is 12.8 Å². The van der Waals surface area contributed by atoms with Crippen LogP contribution >= 0.6 is 0 Å². The summed E-state index contributed by atoms with van der Waals surface area (Å²) in [7, 11) is 1.73. The molecule has 2 heteroatoms. The summed E-state index contributed by atoms with van der Waals surface area (Å²) in [4.78, 5) is 0. The maximum atomic E-state index is 4.78. The van der Waals surface area contributed by atoms with Crippen LogP contribution in [0.5, 0.6) is 0 Å². The van der Waals surface area contributed by atoms with E-state index in [-0.39, 0.29) is 31.0 Å². The smallest absolute Gasteiger partial charge is 1.00 e. The summed E-state index contributed by atoms with van der Waals surface area (Å²) >= 11 is 0. The number of hydrogen-bond donors (Lipinski definition) is 0. The second-order valence-corrected chi connectivity index (χ2v) is 1.35. The van der Waals surface area contributed by atoms with Crippen molar-refractivity contribution in [2.75, 3.05) is 13.7 Å². The van der Waals surface area contributed by atoms with Crippen LogP contribution in [-0.4, -0.2) is 13.7 Å². The largest absolute Gasteiger partial charge is 1.00 e. The summed E-state index contributed by atoms with van der Waals surface area (Å²) in [5.74, 6) is 0. The third kappa shape index (κ3) is 10.9. The first kappa shape index (κ1) is 10.9. The molecule has 0 unspecified atom stereocenters. The van der Waals surface area contributed by atoms with Crippen molar-refractivity contribution in [2.24, 2.45) is 0 Å². The topological polar surface area (TPSA) is 9.23 Å². The van der Waals surface area contributed by atoms with Crippen LogP contribution in [0, 0.1) is 0 Å². The van der Waals surface area contributed by atoms with E-state index >= 15 is 0 Å². The summed E-state index contributed by atoms with van der Waals surface area (Å²) in [5, 5.41) is 0. The van der Waals surface area contributed by atoms with Crippen LogP contribution in [0.4, 0.5) is 0 Å². The van der Waals surface area contributed by atoms with Crippen molar-refractivity contribution < 1.29 is 35.7 Å². The Hall–Kier alpha value is 0.960. The molecule has 0 aliphatic rings. The van der Waals surface area contributed by atoms with Gasteiger partial charge in [0, 0.05) is 13.7 Å². The maximum absolute atomic E-state index is 4.78. The van der Waals surface area contributed by atoms with Gasteiger partial charge < -0.3 is 6.16 Å². The normalized spacial score (nSPS) is 7.71. The van der Waals surface area contributed by atoms with Crippen molar-refractivity contribution in [3.8, 4) is 0 Å². The van der Waals surface area contributed by atoms with Gasteiger partial charge in [0.05, 0.1) is 0 Å². The van der Waals surface area contributed by atoms with Crippen LogP contribution in [0.1, 0.15) is 21.2 Å². The third-order valence-electron chi connectivity index (χ3n) is 0.702. The summed E-state index contributed by atoms with van der Waals surface area (Å²) in [6, 6.07) is 0. The standard InChI is InChI=1S/C5H12O.Na.H/c1-3-4-5-6-2;;/h3-5H2,1-2H3;;/q;+1;-1. The van der Waals surface area contributed by atoms with Crippen molar-refractivity contribution in [1.82, 2.24) is 0 Å². The molecule has 0 fully saturated rings. The van der Waals surface area contributed by atoms with Crippen molar-refractivity contribution >= 4 is 0 Å². The molecule has 0 heterocycles. The Bertz CT molecular complexity index is 24.4. The summed E-state index contributed by atoms with van der Waals surface area (Å²) < 4.78 is 4.78. The van der Waals surface area contributed by atoms with Crippen LogP contribution in [0.15, 0.2) is 0 Å². The van der Waals surface area contributed by atoms with Crippen molar-refractivity contribution in [1.29, 1.82) is 0 Å². The third-order valence-corrected chi connectivity index (χ3v) is 0.702. The second-order valence-electron chi connectivity index (χ2n) is 1.35. The van der Waals surface area contributed by atoms with E-state index in [0.29, 0.717) is 0 Å². The molecule has 0 atom stereocenters. The Morgan fingerprint density at radius 1 is 1.57 bits per heavy atom. The fourth-order valence-electron chi connectivity index (χ4n) is 0.289. The first-order chi connectivity index (χ1) is 2.91. The van der Waals surface area contributed by atoms with Gasteiger partial charge >= 0.3 is 29.6 Å². The average Bonchev–Trinajstić information content (AvgIpc) is 1.61. The number of methoxy groups -OCH3 is 1. The minimum absolute atomic E-state index is 0. The number of unbranched alkanes of at least 4 members (excludes halogenated alkanes) is 1. The number of rotatable bonds is 3. The zero-order valence-corrected chi connectivity index (χ0v) is 7.53. The van der Waals surface area contributed by atoms with Crippen LogP contribution in [0.3, 0.4) is 0 Å². The van der Waals surface area contributed by atoms with Gasteiger partial charge in [0.25, 0.3) is 0 Å². The van der Waals surface area contributed by atoms with Gasteiger partial charge in [-0.2, -0.15) is 0 Å². The van der Waals surface area contributed by atoms with Gasteiger partial charge in [-0.15, -0.1) is 0 Å². The van der Waals surface area contributed by atoms with Crippen molar-refractivity contribution in [2.45, 2.75) is 19.8 Å². The molecule has 0 aliphatic carbocycles. The molecule has 1 nitrogen and oxygen atoms in total. The Morgan fingerprint density at radius 3 is 2.29 bits per heavy atom. The summed E-state index contributed by atoms with van der Waals surface area (Å²) in [5.41, 5.74) is 0. The first-order valence-electron chi connectivity index (χ1n) is 2.40. The average molecular weight is 112 g/mol. The Balaban J connectivity index is -0.000000125. The van der Waals surface area contributed by atoms with E-state index in [1.54, 1.807) is 7.11 Å². The molecule has 0 spiro atoms. The molecule has 0 saturated heterocycles. The van der Waals surface area contributed by atoms with Gasteiger partial charge in [0.2, 0.25) is 0 Å². The van der Waals surface area contributed by atoms with Gasteiger partial charge in [-0.25, -0.2) is 0 Å². The van der Waals surface area contributed by atoms with Crippen molar-refractivity contribution in [3.63, 3.8) is 0 Å². The zero-order valence-electron chi connectivity index (χ0n) is 6.53. The predicted molar refractivity (Wildman–Crippen MR) is 27.9 cm³/mol. The molecule has 0 radical (unpaired) electrons. The van der Waals surface area contributed by atoms with Crippen LogP contribution in [-0.2, 0) is 4.74 Å². The second kappa shape index (κ2) is 10.0. The van der Waals surface area contributed by atoms with E-state index in [0.717, 1.165) is 6.61 Å². The van der Waals surface area contributed by atoms with Gasteiger partial charge in [0.15, 0.2) is 0 Å². The van der Waals surface area contributed by atoms with E-state index in [1.807, 2.05) is 0 Å². The van der Waals surface area contributed by atoms with Gasteiger partial charge in [-0.3, -0.25) is 0 Å². The molecular formula is C5H13NaO. The Kier molecular flexibility index (Phi) is 15.6. The summed E-state index contributed by atoms with van der Waals surface area (Å²) in [6.07, 6.45) is 2.42. The molecule has 0 bridgehead atoms. The van der Waals surface area contributed by atoms with Gasteiger partial charge in [-0.1, -0.05) is 13.3 Å². The Labute approximate surface area is 69.2 Å². The molecule has 0 aromatic carbocycles. The van der Waals surface area contributed by atoms with Crippen LogP contribution in [0.25, 0.3) is 0 Å². The minimum atomic E-state index is 0. The SMILES string of the molecule is CCCCOC.[H-].[Na+]. The summed E-state index contributed by atoms with van der Waals surface area (Å²) in [6.45, 7) is 3.07. The molecule has 7 heavy (non-hydrogen) atoms. The van der Waals surface area contributed by atoms with E-state index in [9.17, 15) is 0 Å². The molecule has 0 saturated carbocycles. The molecule has 0 aliphatic heterocycles. The molecular weight excluding hydrogens is 99.0 g/mol. The van der Waals surface area contributed by atoms with Gasteiger partial charge in [0.1, 0.15) is 0 Å². The minimum Gasteiger partial charge on any atom is -1.00 e. The van der Waals surface area contributed by atoms with Crippen LogP contribution in [0.2, 0.25) is 0 Å². The van der Waals surface area contributed by atoms with E-state index in [2.05, 4.69) is 6.92 Å². The zero-order chi connectivity index (χ0) is 4.83. The molecule has 0 aromatic rings. The quantitative estimate of drug-likeness (QED) is 0.320. The van der Waals surface area contributed by atoms with E-state index < -0.39 is 0 Å². The van der Waals surface area contributed by atoms with Gasteiger partial charge in [-0.05, 0) is 6.42 Å². The molecule has 40 valence electrons. The van der Waals surface area contributed by atoms with E-state index in [4.69, 9.17) is 4.74 Å². The molecule has 0 amide bonds. The molecule has 0 rings (SSSR count). The number of hydrogen-bond acceptors (Lipinski definition) is 1. The van der Waals surface area contributed by atoms with Crippen LogP contribution < -0.4 is 29.6 Å². The number of ether oxygens (including phenoxy) is 1. The van der Waals surface area contributed by atoms with Crippen molar-refractivity contribution in [3.05, 3.63) is 0 Å².